The van der Waals surface area contributed by atoms with Gasteiger partial charge in [0.1, 0.15) is 12.6 Å². The van der Waals surface area contributed by atoms with E-state index in [0.29, 0.717) is 24.1 Å². The van der Waals surface area contributed by atoms with Crippen molar-refractivity contribution in [3.05, 3.63) is 0 Å². The van der Waals surface area contributed by atoms with Gasteiger partial charge in [-0.25, -0.2) is 4.57 Å². The van der Waals surface area contributed by atoms with Gasteiger partial charge in [0.05, 0.1) is 34.4 Å². The lowest BCUT2D eigenvalue weighted by atomic mass is 9.84. The van der Waals surface area contributed by atoms with Crippen LogP contribution in [0.2, 0.25) is 0 Å². The molecule has 0 bridgehead atoms. The Labute approximate surface area is 233 Å². The SMILES string of the molecule is CCCCCCCCCCCCCCCCSCC(COC)(COC)CC(COP(=O)(O)O)[N+](C)(C)C. The van der Waals surface area contributed by atoms with E-state index in [-0.39, 0.29) is 18.1 Å². The topological polar surface area (TPSA) is 85.2 Å². The number of ether oxygens (including phenoxy) is 2. The van der Waals surface area contributed by atoms with Crippen molar-refractivity contribution in [1.29, 1.82) is 0 Å². The molecular weight excluding hydrogens is 509 g/mol. The van der Waals surface area contributed by atoms with Gasteiger partial charge < -0.3 is 23.7 Å². The van der Waals surface area contributed by atoms with Gasteiger partial charge in [-0.1, -0.05) is 90.4 Å². The molecule has 0 saturated carbocycles. The minimum atomic E-state index is -4.52. The highest BCUT2D eigenvalue weighted by molar-refractivity contribution is 7.99. The molecule has 0 aromatic carbocycles. The monoisotopic (exact) mass is 570 g/mol. The zero-order valence-corrected chi connectivity index (χ0v) is 26.8. The minimum Gasteiger partial charge on any atom is -0.384 e. The van der Waals surface area contributed by atoms with Gasteiger partial charge >= 0.3 is 7.82 Å². The summed E-state index contributed by atoms with van der Waals surface area (Å²) in [4.78, 5) is 18.5. The first-order valence-electron chi connectivity index (χ1n) is 14.6. The van der Waals surface area contributed by atoms with Gasteiger partial charge in [0.15, 0.2) is 0 Å². The minimum absolute atomic E-state index is 0.00736. The van der Waals surface area contributed by atoms with Crippen LogP contribution in [0.3, 0.4) is 0 Å². The van der Waals surface area contributed by atoms with Crippen LogP contribution in [0, 0.1) is 5.41 Å². The Kier molecular flexibility index (Phi) is 22.3. The first-order valence-corrected chi connectivity index (χ1v) is 17.2. The van der Waals surface area contributed by atoms with Gasteiger partial charge in [-0.2, -0.15) is 11.8 Å². The van der Waals surface area contributed by atoms with Crippen molar-refractivity contribution in [2.45, 2.75) is 109 Å². The number of rotatable bonds is 27. The summed E-state index contributed by atoms with van der Waals surface area (Å²) in [5, 5.41) is 0. The number of unbranched alkanes of at least 4 members (excludes halogenated alkanes) is 13. The Bertz CT molecular complexity index is 563. The summed E-state index contributed by atoms with van der Waals surface area (Å²) in [6, 6.07) is -0.0976. The normalized spacial score (nSPS) is 13.8. The highest BCUT2D eigenvalue weighted by atomic mass is 32.2. The van der Waals surface area contributed by atoms with Crippen LogP contribution >= 0.6 is 19.6 Å². The molecule has 0 aliphatic heterocycles. The number of thioether (sulfide) groups is 1. The number of phosphoric acid groups is 1. The highest BCUT2D eigenvalue weighted by Crippen LogP contribution is 2.38. The van der Waals surface area contributed by atoms with E-state index in [2.05, 4.69) is 6.92 Å². The lowest BCUT2D eigenvalue weighted by Gasteiger charge is -2.41. The largest absolute Gasteiger partial charge is 0.469 e. The summed E-state index contributed by atoms with van der Waals surface area (Å²) >= 11 is 1.94. The molecule has 9 heteroatoms. The predicted molar refractivity (Wildman–Crippen MR) is 158 cm³/mol. The van der Waals surface area contributed by atoms with E-state index in [0.717, 1.165) is 11.5 Å². The maximum absolute atomic E-state index is 11.3. The Morgan fingerprint density at radius 1 is 0.784 bits per heavy atom. The molecule has 0 amide bonds. The molecule has 2 N–H and O–H groups in total. The van der Waals surface area contributed by atoms with Crippen molar-refractivity contribution >= 4 is 19.6 Å². The zero-order valence-electron chi connectivity index (χ0n) is 25.0. The molecule has 0 radical (unpaired) electrons. The van der Waals surface area contributed by atoms with Gasteiger partial charge in [-0.3, -0.25) is 4.52 Å². The molecule has 1 unspecified atom stereocenters. The maximum Gasteiger partial charge on any atom is 0.469 e. The molecule has 0 aromatic heterocycles. The molecule has 7 nitrogen and oxygen atoms in total. The second kappa shape index (κ2) is 22.1. The molecule has 0 aliphatic carbocycles. The lowest BCUT2D eigenvalue weighted by Crippen LogP contribution is -2.52. The quantitative estimate of drug-likeness (QED) is 0.0621. The highest BCUT2D eigenvalue weighted by Gasteiger charge is 2.39. The van der Waals surface area contributed by atoms with Crippen molar-refractivity contribution in [3.8, 4) is 0 Å². The van der Waals surface area contributed by atoms with Crippen LogP contribution < -0.4 is 0 Å². The van der Waals surface area contributed by atoms with E-state index in [4.69, 9.17) is 14.0 Å². The number of quaternary nitrogens is 1. The van der Waals surface area contributed by atoms with E-state index in [1.807, 2.05) is 32.9 Å². The van der Waals surface area contributed by atoms with Crippen molar-refractivity contribution in [2.75, 3.05) is 66.7 Å². The molecule has 0 fully saturated rings. The number of methoxy groups -OCH3 is 2. The van der Waals surface area contributed by atoms with Crippen molar-refractivity contribution in [3.63, 3.8) is 0 Å². The average molecular weight is 571 g/mol. The third-order valence-electron chi connectivity index (χ3n) is 7.15. The van der Waals surface area contributed by atoms with Crippen LogP contribution in [0.5, 0.6) is 0 Å². The van der Waals surface area contributed by atoms with E-state index in [1.165, 1.54) is 89.9 Å². The number of hydrogen-bond acceptors (Lipinski definition) is 5. The summed E-state index contributed by atoms with van der Waals surface area (Å²) in [6.45, 7) is 3.35. The van der Waals surface area contributed by atoms with E-state index < -0.39 is 7.82 Å². The third-order valence-corrected chi connectivity index (χ3v) is 9.03. The summed E-state index contributed by atoms with van der Waals surface area (Å²) in [5.41, 5.74) is -0.237. The molecule has 37 heavy (non-hydrogen) atoms. The van der Waals surface area contributed by atoms with Gasteiger partial charge in [0, 0.05) is 31.8 Å². The van der Waals surface area contributed by atoms with Crippen LogP contribution in [0.15, 0.2) is 0 Å². The molecule has 0 spiro atoms. The Morgan fingerprint density at radius 3 is 1.59 bits per heavy atom. The van der Waals surface area contributed by atoms with Crippen LogP contribution in [0.4, 0.5) is 0 Å². The smallest absolute Gasteiger partial charge is 0.384 e. The second-order valence-corrected chi connectivity index (χ2v) is 14.1. The van der Waals surface area contributed by atoms with Gasteiger partial charge in [0.2, 0.25) is 0 Å². The fourth-order valence-corrected chi connectivity index (χ4v) is 6.48. The van der Waals surface area contributed by atoms with Crippen molar-refractivity contribution < 1.29 is 32.8 Å². The van der Waals surface area contributed by atoms with Gasteiger partial charge in [-0.05, 0) is 12.2 Å². The van der Waals surface area contributed by atoms with Gasteiger partial charge in [-0.15, -0.1) is 0 Å². The van der Waals surface area contributed by atoms with E-state index in [1.54, 1.807) is 14.2 Å². The van der Waals surface area contributed by atoms with Crippen LogP contribution in [-0.4, -0.2) is 87.0 Å². The lowest BCUT2D eigenvalue weighted by molar-refractivity contribution is -0.897. The molecule has 0 rings (SSSR count). The van der Waals surface area contributed by atoms with E-state index in [9.17, 15) is 14.4 Å². The summed E-state index contributed by atoms with van der Waals surface area (Å²) < 4.78 is 28.0. The standard InChI is InChI=1S/C28H60NO6PS/c1-7-8-9-10-11-12-13-14-15-16-17-18-19-20-21-37-26-28(24-33-5,25-34-6)22-27(29(2,3)4)23-35-36(30,31)32/h27H,7-26H2,1-6H3,(H-,30,31,32)/p+1. The number of hydrogen-bond donors (Lipinski definition) is 2. The molecule has 0 saturated heterocycles. The predicted octanol–water partition coefficient (Wildman–Crippen LogP) is 7.05. The Balaban J connectivity index is 4.30. The fourth-order valence-electron chi connectivity index (χ4n) is 4.84. The first-order chi connectivity index (χ1) is 17.5. The molecule has 224 valence electrons. The van der Waals surface area contributed by atoms with Crippen LogP contribution in [-0.2, 0) is 18.6 Å². The number of likely N-dealkylation sites (N-methyl/N-ethyl adjacent to an activating group) is 1. The second-order valence-electron chi connectivity index (χ2n) is 11.8. The third kappa shape index (κ3) is 21.8. The molecule has 1 atom stereocenters. The average Bonchev–Trinajstić information content (AvgIpc) is 2.80. The summed E-state index contributed by atoms with van der Waals surface area (Å²) in [6.07, 6.45) is 19.8. The Morgan fingerprint density at radius 2 is 1.22 bits per heavy atom. The fraction of sp³-hybridized carbons (Fsp3) is 1.00. The van der Waals surface area contributed by atoms with Crippen LogP contribution in [0.25, 0.3) is 0 Å². The summed E-state index contributed by atoms with van der Waals surface area (Å²) in [7, 11) is 4.97. The molecule has 0 heterocycles. The zero-order chi connectivity index (χ0) is 28.0. The van der Waals surface area contributed by atoms with Crippen molar-refractivity contribution in [2.24, 2.45) is 5.41 Å². The van der Waals surface area contributed by atoms with Crippen molar-refractivity contribution in [1.82, 2.24) is 0 Å². The van der Waals surface area contributed by atoms with Crippen LogP contribution in [0.1, 0.15) is 103 Å². The summed E-state index contributed by atoms with van der Waals surface area (Å²) in [5.74, 6) is 2.00. The van der Waals surface area contributed by atoms with Gasteiger partial charge in [0.25, 0.3) is 0 Å². The molecular formula is C28H61NO6PS+. The molecule has 0 aromatic rings. The number of phosphoric ester groups is 1. The number of nitrogens with zero attached hydrogens (tertiary/aromatic N) is 1. The molecule has 0 aliphatic rings. The van der Waals surface area contributed by atoms with E-state index >= 15 is 0 Å². The Hall–Kier alpha value is 0.340. The maximum atomic E-state index is 11.3. The first kappa shape index (κ1) is 37.3.